The minimum absolute atomic E-state index is 0.0171. The number of benzene rings is 2. The van der Waals surface area contributed by atoms with E-state index in [4.69, 9.17) is 14.2 Å². The summed E-state index contributed by atoms with van der Waals surface area (Å²) in [4.78, 5) is 15.3. The molecule has 1 unspecified atom stereocenters. The van der Waals surface area contributed by atoms with E-state index in [0.29, 0.717) is 19.1 Å². The Morgan fingerprint density at radius 1 is 1.12 bits per heavy atom. The van der Waals surface area contributed by atoms with Crippen LogP contribution in [-0.4, -0.2) is 57.1 Å². The number of nitrogens with zero attached hydrogens (tertiary/aromatic N) is 1. The zero-order chi connectivity index (χ0) is 23.7. The Morgan fingerprint density at radius 2 is 1.91 bits per heavy atom. The van der Waals surface area contributed by atoms with Crippen LogP contribution in [0.1, 0.15) is 43.9 Å². The number of carbonyl (C=O) groups is 1. The van der Waals surface area contributed by atoms with Gasteiger partial charge in [-0.05, 0) is 66.4 Å². The normalized spacial score (nSPS) is 26.7. The predicted molar refractivity (Wildman–Crippen MR) is 132 cm³/mol. The van der Waals surface area contributed by atoms with Crippen LogP contribution in [0.3, 0.4) is 0 Å². The molecule has 3 saturated heterocycles. The second-order valence-corrected chi connectivity index (χ2v) is 10.6. The van der Waals surface area contributed by atoms with Gasteiger partial charge in [0.1, 0.15) is 18.5 Å². The first kappa shape index (κ1) is 23.2. The number of alkyl carbamates (subject to hydrolysis) is 1. The van der Waals surface area contributed by atoms with Crippen LogP contribution in [0.4, 0.5) is 4.79 Å². The number of carbonyl (C=O) groups excluding carboxylic acids is 1. The number of rotatable bonds is 7. The van der Waals surface area contributed by atoms with Crippen molar-refractivity contribution in [1.82, 2.24) is 10.2 Å². The van der Waals surface area contributed by atoms with Gasteiger partial charge in [0.25, 0.3) is 0 Å². The summed E-state index contributed by atoms with van der Waals surface area (Å²) in [5.74, 6) is 1.36. The van der Waals surface area contributed by atoms with Crippen molar-refractivity contribution in [3.8, 4) is 16.9 Å². The Labute approximate surface area is 202 Å². The molecule has 6 heteroatoms. The van der Waals surface area contributed by atoms with Gasteiger partial charge in [-0.2, -0.15) is 0 Å². The van der Waals surface area contributed by atoms with Crippen LogP contribution in [0.2, 0.25) is 0 Å². The highest BCUT2D eigenvalue weighted by Gasteiger charge is 2.42. The molecule has 6 nitrogen and oxygen atoms in total. The maximum atomic E-state index is 12.9. The quantitative estimate of drug-likeness (QED) is 0.595. The summed E-state index contributed by atoms with van der Waals surface area (Å²) >= 11 is 0. The third-order valence-corrected chi connectivity index (χ3v) is 7.74. The summed E-state index contributed by atoms with van der Waals surface area (Å²) in [5, 5.41) is 3.22. The molecule has 3 aliphatic heterocycles. The van der Waals surface area contributed by atoms with Gasteiger partial charge in [-0.15, -0.1) is 0 Å². The topological polar surface area (TPSA) is 60.0 Å². The molecule has 2 aromatic rings. The largest absolute Gasteiger partial charge is 0.491 e. The number of hydrogen-bond acceptors (Lipinski definition) is 5. The minimum atomic E-state index is -0.286. The molecule has 4 aliphatic rings. The van der Waals surface area contributed by atoms with Gasteiger partial charge in [-0.3, -0.25) is 4.90 Å². The third kappa shape index (κ3) is 4.66. The van der Waals surface area contributed by atoms with E-state index in [0.717, 1.165) is 55.8 Å². The lowest BCUT2D eigenvalue weighted by molar-refractivity contribution is -0.0348. The molecule has 2 atom stereocenters. The first-order chi connectivity index (χ1) is 16.4. The molecule has 1 aliphatic carbocycles. The van der Waals surface area contributed by atoms with E-state index in [-0.39, 0.29) is 23.7 Å². The van der Waals surface area contributed by atoms with Crippen LogP contribution < -0.4 is 10.1 Å². The highest BCUT2D eigenvalue weighted by atomic mass is 16.6. The molecule has 1 amide bonds. The van der Waals surface area contributed by atoms with Crippen LogP contribution in [0.25, 0.3) is 11.1 Å². The van der Waals surface area contributed by atoms with Gasteiger partial charge < -0.3 is 19.5 Å². The zero-order valence-corrected chi connectivity index (χ0v) is 20.5. The predicted octanol–water partition coefficient (Wildman–Crippen LogP) is 4.82. The minimum Gasteiger partial charge on any atom is -0.491 e. The first-order valence-electron chi connectivity index (χ1n) is 12.5. The van der Waals surface area contributed by atoms with Crippen molar-refractivity contribution in [2.45, 2.75) is 45.3 Å². The molecular formula is C28H36N2O4. The number of piperidine rings is 3. The fourth-order valence-corrected chi connectivity index (χ4v) is 5.89. The number of nitrogens with one attached hydrogen (secondary N) is 1. The molecule has 0 radical (unpaired) electrons. The molecule has 2 aromatic carbocycles. The smallest absolute Gasteiger partial charge is 0.407 e. The Bertz CT molecular complexity index is 1030. The van der Waals surface area contributed by atoms with Gasteiger partial charge in [-0.1, -0.05) is 50.2 Å². The maximum absolute atomic E-state index is 12.9. The van der Waals surface area contributed by atoms with E-state index in [1.165, 1.54) is 11.1 Å². The van der Waals surface area contributed by atoms with Gasteiger partial charge in [0, 0.05) is 19.2 Å². The monoisotopic (exact) mass is 464 g/mol. The van der Waals surface area contributed by atoms with Gasteiger partial charge in [0.15, 0.2) is 0 Å². The molecule has 6 rings (SSSR count). The third-order valence-electron chi connectivity index (χ3n) is 7.74. The van der Waals surface area contributed by atoms with Crippen molar-refractivity contribution >= 4 is 6.09 Å². The van der Waals surface area contributed by atoms with Crippen molar-refractivity contribution < 1.29 is 19.0 Å². The lowest BCUT2D eigenvalue weighted by Gasteiger charge is -2.44. The number of hydrogen-bond donors (Lipinski definition) is 1. The SMILES string of the molecule is COCCOc1ccccc1-c1ccc2c(c1)CC(C)(C)C2NC(=O)O[C@@H]1CN2CCC1CC2. The summed E-state index contributed by atoms with van der Waals surface area (Å²) in [7, 11) is 1.68. The molecule has 0 saturated carbocycles. The molecule has 0 spiro atoms. The van der Waals surface area contributed by atoms with Gasteiger partial charge in [0.2, 0.25) is 0 Å². The van der Waals surface area contributed by atoms with Crippen LogP contribution >= 0.6 is 0 Å². The lowest BCUT2D eigenvalue weighted by Crippen LogP contribution is -2.53. The van der Waals surface area contributed by atoms with E-state index in [2.05, 4.69) is 48.3 Å². The van der Waals surface area contributed by atoms with Crippen molar-refractivity contribution in [2.75, 3.05) is 40.0 Å². The first-order valence-corrected chi connectivity index (χ1v) is 12.5. The summed E-state index contributed by atoms with van der Waals surface area (Å²) in [5.41, 5.74) is 4.54. The van der Waals surface area contributed by atoms with E-state index < -0.39 is 0 Å². The van der Waals surface area contributed by atoms with Gasteiger partial charge >= 0.3 is 6.09 Å². The number of amides is 1. The van der Waals surface area contributed by atoms with E-state index in [1.807, 2.05) is 18.2 Å². The fraction of sp³-hybridized carbons (Fsp3) is 0.536. The second kappa shape index (κ2) is 9.59. The zero-order valence-electron chi connectivity index (χ0n) is 20.5. The van der Waals surface area contributed by atoms with Gasteiger partial charge in [-0.25, -0.2) is 4.79 Å². The highest BCUT2D eigenvalue weighted by molar-refractivity contribution is 5.73. The van der Waals surface area contributed by atoms with Gasteiger partial charge in [0.05, 0.1) is 12.6 Å². The Hall–Kier alpha value is -2.57. The molecule has 34 heavy (non-hydrogen) atoms. The van der Waals surface area contributed by atoms with E-state index in [9.17, 15) is 4.79 Å². The molecule has 182 valence electrons. The summed E-state index contributed by atoms with van der Waals surface area (Å²) in [6.07, 6.45) is 2.90. The summed E-state index contributed by atoms with van der Waals surface area (Å²) < 4.78 is 17.0. The number of fused-ring (bicyclic) bond motifs is 4. The maximum Gasteiger partial charge on any atom is 0.407 e. The number of ether oxygens (including phenoxy) is 3. The summed E-state index contributed by atoms with van der Waals surface area (Å²) in [6.45, 7) is 8.64. The van der Waals surface area contributed by atoms with E-state index >= 15 is 0 Å². The molecule has 2 bridgehead atoms. The van der Waals surface area contributed by atoms with Crippen molar-refractivity contribution in [1.29, 1.82) is 0 Å². The molecule has 3 fully saturated rings. The second-order valence-electron chi connectivity index (χ2n) is 10.6. The Balaban J connectivity index is 1.32. The van der Waals surface area contributed by atoms with Crippen molar-refractivity contribution in [2.24, 2.45) is 11.3 Å². The standard InChI is InChI=1S/C28H36N2O4/c1-28(2)17-21-16-20(22-6-4-5-7-24(22)33-15-14-32-3)8-9-23(21)26(28)29-27(31)34-25-18-30-12-10-19(25)11-13-30/h4-9,16,19,25-26H,10-15,17-18H2,1-3H3,(H,29,31)/t25-,26?/m1/s1. The van der Waals surface area contributed by atoms with Crippen molar-refractivity contribution in [3.63, 3.8) is 0 Å². The van der Waals surface area contributed by atoms with Crippen LogP contribution in [-0.2, 0) is 15.9 Å². The summed E-state index contributed by atoms with van der Waals surface area (Å²) in [6, 6.07) is 14.6. The molecular weight excluding hydrogens is 428 g/mol. The molecule has 1 N–H and O–H groups in total. The number of para-hydroxylation sites is 1. The van der Waals surface area contributed by atoms with E-state index in [1.54, 1.807) is 7.11 Å². The lowest BCUT2D eigenvalue weighted by atomic mass is 9.85. The Morgan fingerprint density at radius 3 is 2.65 bits per heavy atom. The molecule has 0 aromatic heterocycles. The number of methoxy groups -OCH3 is 1. The average Bonchev–Trinajstić information content (AvgIpc) is 3.09. The fourth-order valence-electron chi connectivity index (χ4n) is 5.89. The van der Waals surface area contributed by atoms with Crippen LogP contribution in [0.5, 0.6) is 5.75 Å². The average molecular weight is 465 g/mol. The van der Waals surface area contributed by atoms with Crippen molar-refractivity contribution in [3.05, 3.63) is 53.6 Å². The Kier molecular flexibility index (Phi) is 6.54. The highest BCUT2D eigenvalue weighted by Crippen LogP contribution is 2.47. The molecule has 3 heterocycles. The van der Waals surface area contributed by atoms with Crippen LogP contribution in [0.15, 0.2) is 42.5 Å². The van der Waals surface area contributed by atoms with Crippen LogP contribution in [0, 0.1) is 11.3 Å².